The molecule has 1 aromatic heterocycles. The van der Waals surface area contributed by atoms with Gasteiger partial charge in [-0.2, -0.15) is 0 Å². The Kier molecular flexibility index (Phi) is 4.78. The maximum absolute atomic E-state index is 5.98. The minimum absolute atomic E-state index is 0.499. The second kappa shape index (κ2) is 7.39. The molecule has 4 nitrogen and oxygen atoms in total. The molecule has 0 aliphatic rings. The summed E-state index contributed by atoms with van der Waals surface area (Å²) in [5, 5.41) is 0. The largest absolute Gasteiger partial charge is 0.493 e. The van der Waals surface area contributed by atoms with E-state index in [-0.39, 0.29) is 0 Å². The van der Waals surface area contributed by atoms with Gasteiger partial charge in [-0.05, 0) is 67.8 Å². The Hall–Kier alpha value is -3.27. The van der Waals surface area contributed by atoms with E-state index in [1.54, 1.807) is 7.11 Å². The van der Waals surface area contributed by atoms with E-state index in [0.29, 0.717) is 12.4 Å². The first kappa shape index (κ1) is 18.1. The van der Waals surface area contributed by atoms with E-state index >= 15 is 0 Å². The van der Waals surface area contributed by atoms with Gasteiger partial charge in [0.25, 0.3) is 0 Å². The summed E-state index contributed by atoms with van der Waals surface area (Å²) in [6.07, 6.45) is 0. The Morgan fingerprint density at radius 2 is 1.61 bits per heavy atom. The lowest BCUT2D eigenvalue weighted by Crippen LogP contribution is -1.98. The first-order chi connectivity index (χ1) is 13.5. The number of aromatic nitrogens is 2. The van der Waals surface area contributed by atoms with Crippen molar-refractivity contribution < 1.29 is 9.47 Å². The van der Waals surface area contributed by atoms with Crippen LogP contribution in [0.2, 0.25) is 0 Å². The van der Waals surface area contributed by atoms with Crippen LogP contribution in [0.15, 0.2) is 54.6 Å². The molecule has 0 aliphatic heterocycles. The van der Waals surface area contributed by atoms with Crippen molar-refractivity contribution in [3.05, 3.63) is 76.9 Å². The molecule has 0 radical (unpaired) electrons. The molecule has 0 aliphatic carbocycles. The number of rotatable bonds is 5. The highest BCUT2D eigenvalue weighted by atomic mass is 16.5. The lowest BCUT2D eigenvalue weighted by Gasteiger charge is -2.12. The maximum Gasteiger partial charge on any atom is 0.161 e. The van der Waals surface area contributed by atoms with E-state index in [0.717, 1.165) is 33.7 Å². The monoisotopic (exact) mass is 372 g/mol. The van der Waals surface area contributed by atoms with E-state index in [1.807, 2.05) is 18.2 Å². The Bertz CT molecular complexity index is 1090. The van der Waals surface area contributed by atoms with Gasteiger partial charge in [-0.1, -0.05) is 29.8 Å². The Morgan fingerprint density at radius 1 is 0.857 bits per heavy atom. The Labute approximate surface area is 165 Å². The summed E-state index contributed by atoms with van der Waals surface area (Å²) >= 11 is 0. The predicted molar refractivity (Wildman–Crippen MR) is 113 cm³/mol. The van der Waals surface area contributed by atoms with Crippen LogP contribution in [0.1, 0.15) is 22.3 Å². The van der Waals surface area contributed by atoms with Gasteiger partial charge in [-0.15, -0.1) is 0 Å². The molecule has 0 amide bonds. The minimum Gasteiger partial charge on any atom is -0.493 e. The molecule has 0 saturated heterocycles. The van der Waals surface area contributed by atoms with Gasteiger partial charge in [0.15, 0.2) is 11.5 Å². The number of nitrogens with zero attached hydrogens (tertiary/aromatic N) is 1. The number of H-pyrrole nitrogens is 1. The smallest absolute Gasteiger partial charge is 0.161 e. The van der Waals surface area contributed by atoms with Crippen LogP contribution in [0.4, 0.5) is 0 Å². The number of aryl methyl sites for hydroxylation is 3. The van der Waals surface area contributed by atoms with Crippen LogP contribution in [0, 0.1) is 20.8 Å². The van der Waals surface area contributed by atoms with Crippen LogP contribution in [0.5, 0.6) is 11.5 Å². The van der Waals surface area contributed by atoms with Gasteiger partial charge in [-0.3, -0.25) is 0 Å². The van der Waals surface area contributed by atoms with Gasteiger partial charge >= 0.3 is 0 Å². The van der Waals surface area contributed by atoms with Gasteiger partial charge in [0.2, 0.25) is 0 Å². The number of hydrogen-bond acceptors (Lipinski definition) is 3. The summed E-state index contributed by atoms with van der Waals surface area (Å²) in [6, 6.07) is 18.5. The lowest BCUT2D eigenvalue weighted by atomic mass is 10.1. The van der Waals surface area contributed by atoms with E-state index in [1.165, 1.54) is 16.7 Å². The lowest BCUT2D eigenvalue weighted by molar-refractivity contribution is 0.284. The molecule has 4 rings (SSSR count). The summed E-state index contributed by atoms with van der Waals surface area (Å²) in [4.78, 5) is 8.15. The fraction of sp³-hybridized carbons (Fsp3) is 0.208. The van der Waals surface area contributed by atoms with Gasteiger partial charge in [0.05, 0.1) is 18.1 Å². The highest BCUT2D eigenvalue weighted by molar-refractivity contribution is 5.81. The van der Waals surface area contributed by atoms with E-state index in [2.05, 4.69) is 62.2 Å². The molecule has 0 unspecified atom stereocenters. The van der Waals surface area contributed by atoms with Crippen molar-refractivity contribution in [3.63, 3.8) is 0 Å². The van der Waals surface area contributed by atoms with Crippen LogP contribution in [0.3, 0.4) is 0 Å². The number of benzene rings is 3. The van der Waals surface area contributed by atoms with Crippen LogP contribution in [-0.2, 0) is 6.61 Å². The van der Waals surface area contributed by atoms with Gasteiger partial charge < -0.3 is 14.5 Å². The van der Waals surface area contributed by atoms with Crippen LogP contribution < -0.4 is 9.47 Å². The van der Waals surface area contributed by atoms with Crippen molar-refractivity contribution in [1.82, 2.24) is 9.97 Å². The molecule has 4 aromatic rings. The zero-order chi connectivity index (χ0) is 19.7. The molecule has 0 bridgehead atoms. The number of ether oxygens (including phenoxy) is 2. The first-order valence-electron chi connectivity index (χ1n) is 9.37. The highest BCUT2D eigenvalue weighted by Crippen LogP contribution is 2.33. The molecule has 1 heterocycles. The van der Waals surface area contributed by atoms with Crippen LogP contribution in [0.25, 0.3) is 22.4 Å². The number of imidazole rings is 1. The first-order valence-corrected chi connectivity index (χ1v) is 9.37. The van der Waals surface area contributed by atoms with Crippen molar-refractivity contribution in [2.45, 2.75) is 27.4 Å². The molecule has 0 atom stereocenters. The molecule has 142 valence electrons. The average Bonchev–Trinajstić information content (AvgIpc) is 3.10. The standard InChI is InChI=1S/C24H24N2O2/c1-15-5-7-18(8-6-15)14-28-22-10-9-19(13-23(22)27-4)24-25-20-11-16(2)17(3)12-21(20)26-24/h5-13H,14H2,1-4H3,(H,25,26). The highest BCUT2D eigenvalue weighted by Gasteiger charge is 2.11. The second-order valence-corrected chi connectivity index (χ2v) is 7.18. The molecule has 3 aromatic carbocycles. The Balaban J connectivity index is 1.60. The summed E-state index contributed by atoms with van der Waals surface area (Å²) in [5.41, 5.74) is 7.82. The van der Waals surface area contributed by atoms with Crippen LogP contribution in [-0.4, -0.2) is 17.1 Å². The van der Waals surface area contributed by atoms with Crippen molar-refractivity contribution in [2.24, 2.45) is 0 Å². The van der Waals surface area contributed by atoms with E-state index in [9.17, 15) is 0 Å². The maximum atomic E-state index is 5.98. The molecule has 0 fully saturated rings. The molecule has 0 saturated carbocycles. The van der Waals surface area contributed by atoms with Gasteiger partial charge in [-0.25, -0.2) is 4.98 Å². The van der Waals surface area contributed by atoms with Crippen molar-refractivity contribution in [1.29, 1.82) is 0 Å². The van der Waals surface area contributed by atoms with E-state index in [4.69, 9.17) is 14.5 Å². The molecular weight excluding hydrogens is 348 g/mol. The SMILES string of the molecule is COc1cc(-c2nc3cc(C)c(C)cc3[nH]2)ccc1OCc1ccc(C)cc1. The fourth-order valence-corrected chi connectivity index (χ4v) is 3.19. The average molecular weight is 372 g/mol. The van der Waals surface area contributed by atoms with Gasteiger partial charge in [0.1, 0.15) is 12.4 Å². The third-order valence-corrected chi connectivity index (χ3v) is 5.05. The third-order valence-electron chi connectivity index (χ3n) is 5.05. The molecule has 1 N–H and O–H groups in total. The fourth-order valence-electron chi connectivity index (χ4n) is 3.19. The second-order valence-electron chi connectivity index (χ2n) is 7.18. The van der Waals surface area contributed by atoms with Crippen molar-refractivity contribution in [2.75, 3.05) is 7.11 Å². The Morgan fingerprint density at radius 3 is 2.36 bits per heavy atom. The van der Waals surface area contributed by atoms with Crippen molar-refractivity contribution in [3.8, 4) is 22.9 Å². The third kappa shape index (κ3) is 3.58. The number of aromatic amines is 1. The number of methoxy groups -OCH3 is 1. The van der Waals surface area contributed by atoms with E-state index < -0.39 is 0 Å². The summed E-state index contributed by atoms with van der Waals surface area (Å²) < 4.78 is 11.5. The summed E-state index contributed by atoms with van der Waals surface area (Å²) in [7, 11) is 1.66. The number of nitrogens with one attached hydrogen (secondary N) is 1. The molecule has 28 heavy (non-hydrogen) atoms. The zero-order valence-electron chi connectivity index (χ0n) is 16.7. The minimum atomic E-state index is 0.499. The topological polar surface area (TPSA) is 47.1 Å². The summed E-state index contributed by atoms with van der Waals surface area (Å²) in [6.45, 7) is 6.79. The quantitative estimate of drug-likeness (QED) is 0.486. The van der Waals surface area contributed by atoms with Crippen molar-refractivity contribution >= 4 is 11.0 Å². The normalized spacial score (nSPS) is 11.0. The molecule has 0 spiro atoms. The number of fused-ring (bicyclic) bond motifs is 1. The van der Waals surface area contributed by atoms with Crippen LogP contribution >= 0.6 is 0 Å². The zero-order valence-corrected chi connectivity index (χ0v) is 16.7. The molecule has 4 heteroatoms. The number of hydrogen-bond donors (Lipinski definition) is 1. The summed E-state index contributed by atoms with van der Waals surface area (Å²) in [5.74, 6) is 2.23. The molecular formula is C24H24N2O2. The van der Waals surface area contributed by atoms with Gasteiger partial charge in [0, 0.05) is 5.56 Å². The predicted octanol–water partition coefficient (Wildman–Crippen LogP) is 5.74.